The number of ether oxygens (including phenoxy) is 2. The number of amides is 1. The summed E-state index contributed by atoms with van der Waals surface area (Å²) in [6, 6.07) is 5.39. The molecule has 6 heteroatoms. The molecule has 0 radical (unpaired) electrons. The first kappa shape index (κ1) is 16.4. The Balaban J connectivity index is 1.70. The molecule has 1 aromatic rings. The van der Waals surface area contributed by atoms with Crippen molar-refractivity contribution < 1.29 is 24.2 Å². The molecule has 0 aliphatic heterocycles. The second kappa shape index (κ2) is 6.55. The number of carbonyl (C=O) groups excluding carboxylic acids is 1. The molecule has 6 nitrogen and oxygen atoms in total. The summed E-state index contributed by atoms with van der Waals surface area (Å²) in [6.45, 7) is 0.302. The van der Waals surface area contributed by atoms with Gasteiger partial charge < -0.3 is 19.9 Å². The van der Waals surface area contributed by atoms with Crippen molar-refractivity contribution in [2.75, 3.05) is 14.2 Å². The van der Waals surface area contributed by atoms with Crippen LogP contribution in [0.5, 0.6) is 11.5 Å². The second-order valence-electron chi connectivity index (χ2n) is 6.28. The van der Waals surface area contributed by atoms with Crippen LogP contribution in [0.15, 0.2) is 30.4 Å². The van der Waals surface area contributed by atoms with E-state index in [-0.39, 0.29) is 17.7 Å². The van der Waals surface area contributed by atoms with Gasteiger partial charge in [0.2, 0.25) is 5.91 Å². The lowest BCUT2D eigenvalue weighted by atomic mass is 9.82. The minimum atomic E-state index is -0.893. The number of methoxy groups -OCH3 is 2. The largest absolute Gasteiger partial charge is 0.497 e. The first-order chi connectivity index (χ1) is 11.5. The van der Waals surface area contributed by atoms with Gasteiger partial charge in [0.1, 0.15) is 11.5 Å². The van der Waals surface area contributed by atoms with Gasteiger partial charge >= 0.3 is 5.97 Å². The third-order valence-electron chi connectivity index (χ3n) is 4.93. The molecular weight excluding hydrogens is 310 g/mol. The van der Waals surface area contributed by atoms with Gasteiger partial charge in [-0.3, -0.25) is 9.59 Å². The Morgan fingerprint density at radius 1 is 1.08 bits per heavy atom. The Kier molecular flexibility index (Phi) is 4.46. The van der Waals surface area contributed by atoms with Crippen LogP contribution in [0.1, 0.15) is 12.0 Å². The predicted molar refractivity (Wildman–Crippen MR) is 86.7 cm³/mol. The summed E-state index contributed by atoms with van der Waals surface area (Å²) in [5.41, 5.74) is 0.838. The van der Waals surface area contributed by atoms with Gasteiger partial charge in [0.25, 0.3) is 0 Å². The topological polar surface area (TPSA) is 84.9 Å². The van der Waals surface area contributed by atoms with Crippen molar-refractivity contribution >= 4 is 11.9 Å². The van der Waals surface area contributed by atoms with Gasteiger partial charge in [-0.1, -0.05) is 12.2 Å². The summed E-state index contributed by atoms with van der Waals surface area (Å²) < 4.78 is 10.4. The molecule has 0 aromatic heterocycles. The Morgan fingerprint density at radius 2 is 1.67 bits per heavy atom. The van der Waals surface area contributed by atoms with E-state index in [9.17, 15) is 14.7 Å². The predicted octanol–water partition coefficient (Wildman–Crippen LogP) is 1.84. The van der Waals surface area contributed by atoms with Crippen LogP contribution < -0.4 is 14.8 Å². The van der Waals surface area contributed by atoms with Crippen LogP contribution in [0.3, 0.4) is 0 Å². The van der Waals surface area contributed by atoms with Crippen molar-refractivity contribution in [2.24, 2.45) is 23.7 Å². The van der Waals surface area contributed by atoms with Gasteiger partial charge in [0.05, 0.1) is 26.1 Å². The van der Waals surface area contributed by atoms with E-state index in [0.717, 1.165) is 12.0 Å². The molecule has 0 unspecified atom stereocenters. The van der Waals surface area contributed by atoms with E-state index >= 15 is 0 Å². The van der Waals surface area contributed by atoms with E-state index in [4.69, 9.17) is 9.47 Å². The molecule has 1 saturated carbocycles. The van der Waals surface area contributed by atoms with Gasteiger partial charge in [-0.25, -0.2) is 0 Å². The second-order valence-corrected chi connectivity index (χ2v) is 6.28. The molecule has 2 bridgehead atoms. The fraction of sp³-hybridized carbons (Fsp3) is 0.444. The lowest BCUT2D eigenvalue weighted by molar-refractivity contribution is -0.147. The number of benzene rings is 1. The van der Waals surface area contributed by atoms with Crippen LogP contribution in [-0.2, 0) is 16.1 Å². The van der Waals surface area contributed by atoms with E-state index in [2.05, 4.69) is 5.32 Å². The monoisotopic (exact) mass is 331 g/mol. The van der Waals surface area contributed by atoms with Crippen molar-refractivity contribution in [3.63, 3.8) is 0 Å². The van der Waals surface area contributed by atoms with E-state index in [1.165, 1.54) is 0 Å². The van der Waals surface area contributed by atoms with Crippen LogP contribution in [0, 0.1) is 23.7 Å². The Morgan fingerprint density at radius 3 is 2.21 bits per heavy atom. The molecule has 1 fully saturated rings. The lowest BCUT2D eigenvalue weighted by Crippen LogP contribution is -2.39. The Hall–Kier alpha value is -2.50. The number of nitrogens with one attached hydrogen (secondary N) is 1. The first-order valence-corrected chi connectivity index (χ1v) is 7.94. The molecule has 1 amide bonds. The van der Waals surface area contributed by atoms with E-state index < -0.39 is 17.8 Å². The van der Waals surface area contributed by atoms with Crippen molar-refractivity contribution in [2.45, 2.75) is 13.0 Å². The highest BCUT2D eigenvalue weighted by atomic mass is 16.5. The van der Waals surface area contributed by atoms with Gasteiger partial charge in [0.15, 0.2) is 0 Å². The molecule has 0 saturated heterocycles. The molecule has 3 rings (SSSR count). The number of hydrogen-bond acceptors (Lipinski definition) is 4. The van der Waals surface area contributed by atoms with Crippen LogP contribution in [0.2, 0.25) is 0 Å². The summed E-state index contributed by atoms with van der Waals surface area (Å²) in [6.07, 6.45) is 4.66. The molecule has 24 heavy (non-hydrogen) atoms. The molecule has 4 atom stereocenters. The number of allylic oxidation sites excluding steroid dienone is 2. The number of carboxylic acids is 1. The summed E-state index contributed by atoms with van der Waals surface area (Å²) >= 11 is 0. The third kappa shape index (κ3) is 2.96. The van der Waals surface area contributed by atoms with Crippen LogP contribution in [-0.4, -0.2) is 31.2 Å². The zero-order chi connectivity index (χ0) is 17.3. The fourth-order valence-corrected chi connectivity index (χ4v) is 3.79. The maximum atomic E-state index is 12.6. The third-order valence-corrected chi connectivity index (χ3v) is 4.93. The maximum absolute atomic E-state index is 12.6. The van der Waals surface area contributed by atoms with Crippen LogP contribution in [0.25, 0.3) is 0 Å². The number of fused-ring (bicyclic) bond motifs is 2. The minimum Gasteiger partial charge on any atom is -0.497 e. The highest BCUT2D eigenvalue weighted by Gasteiger charge is 2.51. The number of aliphatic carboxylic acids is 1. The van der Waals surface area contributed by atoms with Crippen molar-refractivity contribution in [3.8, 4) is 11.5 Å². The van der Waals surface area contributed by atoms with Gasteiger partial charge in [-0.2, -0.15) is 0 Å². The highest BCUT2D eigenvalue weighted by molar-refractivity contribution is 5.86. The van der Waals surface area contributed by atoms with Crippen molar-refractivity contribution in [1.82, 2.24) is 5.32 Å². The minimum absolute atomic E-state index is 0.0240. The van der Waals surface area contributed by atoms with Crippen LogP contribution in [0.4, 0.5) is 0 Å². The maximum Gasteiger partial charge on any atom is 0.307 e. The molecule has 2 aliphatic rings. The summed E-state index contributed by atoms with van der Waals surface area (Å²) in [5, 5.41) is 12.3. The number of hydrogen-bond donors (Lipinski definition) is 2. The quantitative estimate of drug-likeness (QED) is 0.777. The van der Waals surface area contributed by atoms with Crippen LogP contribution >= 0.6 is 0 Å². The van der Waals surface area contributed by atoms with Crippen molar-refractivity contribution in [1.29, 1.82) is 0 Å². The average Bonchev–Trinajstić information content (AvgIpc) is 3.20. The van der Waals surface area contributed by atoms with Gasteiger partial charge in [0, 0.05) is 12.6 Å². The molecular formula is C18H21NO5. The summed E-state index contributed by atoms with van der Waals surface area (Å²) in [7, 11) is 3.13. The number of carboxylic acid groups (broad SMARTS) is 1. The zero-order valence-electron chi connectivity index (χ0n) is 13.7. The standard InChI is InChI=1S/C18H21NO5/c1-23-13-5-10(6-14(8-13)24-2)9-19-17(20)15-11-3-4-12(7-11)16(15)18(21)22/h3-6,8,11-12,15-16H,7,9H2,1-2H3,(H,19,20)(H,21,22)/t11-,12-,15-,16+/m0/s1. The smallest absolute Gasteiger partial charge is 0.307 e. The van der Waals surface area contributed by atoms with Crippen molar-refractivity contribution in [3.05, 3.63) is 35.9 Å². The summed E-state index contributed by atoms with van der Waals surface area (Å²) in [4.78, 5) is 24.1. The molecule has 2 aliphatic carbocycles. The molecule has 0 spiro atoms. The molecule has 2 N–H and O–H groups in total. The Labute approximate surface area is 140 Å². The molecule has 1 aromatic carbocycles. The van der Waals surface area contributed by atoms with E-state index in [0.29, 0.717) is 18.0 Å². The average molecular weight is 331 g/mol. The van der Waals surface area contributed by atoms with Gasteiger partial charge in [-0.15, -0.1) is 0 Å². The first-order valence-electron chi connectivity index (χ1n) is 7.94. The van der Waals surface area contributed by atoms with Gasteiger partial charge in [-0.05, 0) is 36.0 Å². The molecule has 128 valence electrons. The molecule has 0 heterocycles. The fourth-order valence-electron chi connectivity index (χ4n) is 3.79. The highest BCUT2D eigenvalue weighted by Crippen LogP contribution is 2.48. The summed E-state index contributed by atoms with van der Waals surface area (Å²) in [5.74, 6) is -0.938. The van der Waals surface area contributed by atoms with E-state index in [1.54, 1.807) is 20.3 Å². The van der Waals surface area contributed by atoms with E-state index in [1.807, 2.05) is 24.3 Å². The normalized spacial score (nSPS) is 27.1. The number of rotatable bonds is 6. The Bertz CT molecular complexity index is 662. The zero-order valence-corrected chi connectivity index (χ0v) is 13.7. The SMILES string of the molecule is COc1cc(CNC(=O)[C@@H]2[C@H](C(=O)O)[C@H]3C=C[C@H]2C3)cc(OC)c1. The lowest BCUT2D eigenvalue weighted by Gasteiger charge is -2.24. The number of carbonyl (C=O) groups is 2.